The zero-order valence-electron chi connectivity index (χ0n) is 18.4. The maximum Gasteiger partial charge on any atom is 0.302 e. The molecule has 33 heavy (non-hydrogen) atoms. The van der Waals surface area contributed by atoms with Crippen molar-refractivity contribution in [1.29, 1.82) is 0 Å². The maximum absolute atomic E-state index is 13.4. The number of nitrogens with zero attached hydrogens (tertiary/aromatic N) is 2. The molecule has 3 N–H and O–H groups in total. The highest BCUT2D eigenvalue weighted by atomic mass is 79.9. The third-order valence-corrected chi connectivity index (χ3v) is 6.87. The summed E-state index contributed by atoms with van der Waals surface area (Å²) in [4.78, 5) is 22.8. The molecular formula is C25H26BrN5O2. The van der Waals surface area contributed by atoms with Gasteiger partial charge in [0.25, 0.3) is 5.91 Å². The molecule has 2 aliphatic rings. The highest BCUT2D eigenvalue weighted by Crippen LogP contribution is 2.35. The first-order valence-electron chi connectivity index (χ1n) is 11.3. The number of rotatable bonds is 4. The van der Waals surface area contributed by atoms with Crippen molar-refractivity contribution < 1.29 is 9.21 Å². The highest BCUT2D eigenvalue weighted by molar-refractivity contribution is 9.10. The van der Waals surface area contributed by atoms with E-state index in [-0.39, 0.29) is 11.9 Å². The number of oxazole rings is 1. The average molecular weight is 508 g/mol. The van der Waals surface area contributed by atoms with Crippen molar-refractivity contribution in [3.8, 4) is 0 Å². The molecule has 0 radical (unpaired) electrons. The van der Waals surface area contributed by atoms with Crippen molar-refractivity contribution in [3.05, 3.63) is 69.8 Å². The fraction of sp³-hybridized carbons (Fsp3) is 0.320. The van der Waals surface area contributed by atoms with Gasteiger partial charge in [-0.2, -0.15) is 4.98 Å². The van der Waals surface area contributed by atoms with Crippen LogP contribution < -0.4 is 16.0 Å². The number of benzene rings is 2. The van der Waals surface area contributed by atoms with Gasteiger partial charge in [-0.05, 0) is 43.5 Å². The Morgan fingerprint density at radius 1 is 1.09 bits per heavy atom. The minimum Gasteiger partial charge on any atom is -0.423 e. The Bertz CT molecular complexity index is 1210. The Morgan fingerprint density at radius 2 is 1.85 bits per heavy atom. The molecule has 3 aromatic rings. The molecule has 1 fully saturated rings. The molecule has 1 aromatic heterocycles. The molecule has 1 unspecified atom stereocenters. The number of fused-ring (bicyclic) bond motifs is 1. The van der Waals surface area contributed by atoms with E-state index in [9.17, 15) is 4.79 Å². The first-order valence-corrected chi connectivity index (χ1v) is 12.1. The summed E-state index contributed by atoms with van der Waals surface area (Å²) >= 11 is 3.64. The van der Waals surface area contributed by atoms with E-state index < -0.39 is 6.04 Å². The van der Waals surface area contributed by atoms with Gasteiger partial charge in [0.1, 0.15) is 11.6 Å². The van der Waals surface area contributed by atoms with Crippen LogP contribution in [0.1, 0.15) is 50.6 Å². The van der Waals surface area contributed by atoms with Gasteiger partial charge in [0.2, 0.25) is 5.96 Å². The summed E-state index contributed by atoms with van der Waals surface area (Å²) in [6, 6.07) is 15.5. The average Bonchev–Trinajstić information content (AvgIpc) is 3.22. The number of carbonyl (C=O) groups is 1. The lowest BCUT2D eigenvalue weighted by Crippen LogP contribution is -2.42. The highest BCUT2D eigenvalue weighted by Gasteiger charge is 2.32. The molecular weight excluding hydrogens is 482 g/mol. The predicted octanol–water partition coefficient (Wildman–Crippen LogP) is 5.43. The summed E-state index contributed by atoms with van der Waals surface area (Å²) < 4.78 is 6.70. The molecule has 1 aliphatic heterocycles. The normalized spacial score (nSPS) is 19.2. The van der Waals surface area contributed by atoms with Gasteiger partial charge in [0.05, 0.1) is 5.57 Å². The van der Waals surface area contributed by atoms with Gasteiger partial charge in [-0.25, -0.2) is 4.99 Å². The molecule has 0 bridgehead atoms. The number of anilines is 1. The Hall–Kier alpha value is -3.13. The second-order valence-corrected chi connectivity index (χ2v) is 9.34. The van der Waals surface area contributed by atoms with Crippen LogP contribution in [-0.4, -0.2) is 22.9 Å². The number of amides is 1. The Kier molecular flexibility index (Phi) is 6.17. The van der Waals surface area contributed by atoms with Crippen LogP contribution in [-0.2, 0) is 4.79 Å². The quantitative estimate of drug-likeness (QED) is 0.438. The van der Waals surface area contributed by atoms with Crippen LogP contribution in [0, 0.1) is 0 Å². The molecule has 5 rings (SSSR count). The molecule has 7 nitrogen and oxygen atoms in total. The number of allylic oxidation sites excluding steroid dienone is 1. The smallest absolute Gasteiger partial charge is 0.302 e. The molecule has 1 saturated carbocycles. The van der Waals surface area contributed by atoms with E-state index >= 15 is 0 Å². The number of guanidine groups is 1. The van der Waals surface area contributed by atoms with Crippen LogP contribution >= 0.6 is 15.9 Å². The molecule has 8 heteroatoms. The molecule has 2 heterocycles. The van der Waals surface area contributed by atoms with Crippen LogP contribution in [0.25, 0.3) is 11.1 Å². The standard InChI is InChI=1S/C25H26BrN5O2/c1-15-21(23(32)28-16-9-3-2-4-10-16)22(17-11-5-6-12-18(17)26)30-24(27-15)31-25-29-19-13-7-8-14-20(19)33-25/h5-8,11-14,16,22H,2-4,9-10H2,1H3,(H,28,32)(H2,27,29,30,31). The van der Waals surface area contributed by atoms with Crippen molar-refractivity contribution in [2.24, 2.45) is 4.99 Å². The molecule has 1 aliphatic carbocycles. The van der Waals surface area contributed by atoms with E-state index in [1.165, 1.54) is 6.42 Å². The lowest BCUT2D eigenvalue weighted by Gasteiger charge is -2.29. The van der Waals surface area contributed by atoms with Gasteiger partial charge >= 0.3 is 6.01 Å². The molecule has 0 saturated heterocycles. The molecule has 1 atom stereocenters. The molecule has 2 aromatic carbocycles. The Balaban J connectivity index is 1.46. The third kappa shape index (κ3) is 4.66. The number of carbonyl (C=O) groups excluding carboxylic acids is 1. The summed E-state index contributed by atoms with van der Waals surface area (Å²) in [6.07, 6.45) is 5.61. The minimum absolute atomic E-state index is 0.0719. The topological polar surface area (TPSA) is 91.5 Å². The summed E-state index contributed by atoms with van der Waals surface area (Å²) in [5.74, 6) is 0.409. The van der Waals surface area contributed by atoms with Crippen molar-refractivity contribution in [2.45, 2.75) is 51.1 Å². The number of nitrogens with one attached hydrogen (secondary N) is 3. The van der Waals surface area contributed by atoms with Crippen LogP contribution in [0.15, 0.2) is 73.7 Å². The van der Waals surface area contributed by atoms with Gasteiger partial charge in [-0.3, -0.25) is 10.1 Å². The summed E-state index contributed by atoms with van der Waals surface area (Å²) in [5, 5.41) is 9.63. The van der Waals surface area contributed by atoms with Crippen LogP contribution in [0.5, 0.6) is 0 Å². The predicted molar refractivity (Wildman–Crippen MR) is 133 cm³/mol. The van der Waals surface area contributed by atoms with E-state index in [4.69, 9.17) is 9.41 Å². The van der Waals surface area contributed by atoms with Crippen LogP contribution in [0.3, 0.4) is 0 Å². The third-order valence-electron chi connectivity index (χ3n) is 6.15. The van der Waals surface area contributed by atoms with Gasteiger partial charge in [0, 0.05) is 16.2 Å². The monoisotopic (exact) mass is 507 g/mol. The van der Waals surface area contributed by atoms with E-state index in [1.54, 1.807) is 0 Å². The lowest BCUT2D eigenvalue weighted by molar-refractivity contribution is -0.118. The number of hydrogen-bond acceptors (Lipinski definition) is 6. The lowest BCUT2D eigenvalue weighted by atomic mass is 9.93. The summed E-state index contributed by atoms with van der Waals surface area (Å²) in [5.41, 5.74) is 3.74. The zero-order chi connectivity index (χ0) is 22.8. The summed E-state index contributed by atoms with van der Waals surface area (Å²) in [7, 11) is 0. The van der Waals surface area contributed by atoms with E-state index in [0.717, 1.165) is 46.9 Å². The zero-order valence-corrected chi connectivity index (χ0v) is 20.0. The van der Waals surface area contributed by atoms with Crippen molar-refractivity contribution in [2.75, 3.05) is 5.32 Å². The van der Waals surface area contributed by atoms with E-state index in [0.29, 0.717) is 23.1 Å². The first-order chi connectivity index (χ1) is 16.1. The molecule has 170 valence electrons. The van der Waals surface area contributed by atoms with Crippen LogP contribution in [0.2, 0.25) is 0 Å². The molecule has 0 spiro atoms. The Morgan fingerprint density at radius 3 is 2.64 bits per heavy atom. The maximum atomic E-state index is 13.4. The van der Waals surface area contributed by atoms with Crippen molar-refractivity contribution >= 4 is 44.9 Å². The number of halogens is 1. The Labute approximate surface area is 200 Å². The van der Waals surface area contributed by atoms with Crippen molar-refractivity contribution in [1.82, 2.24) is 15.6 Å². The van der Waals surface area contributed by atoms with Gasteiger partial charge in [-0.15, -0.1) is 0 Å². The first kappa shape index (κ1) is 21.7. The largest absolute Gasteiger partial charge is 0.423 e. The fourth-order valence-electron chi connectivity index (χ4n) is 4.49. The van der Waals surface area contributed by atoms with Gasteiger partial charge in [0.15, 0.2) is 5.58 Å². The number of hydrogen-bond donors (Lipinski definition) is 3. The number of para-hydroxylation sites is 2. The van der Waals surface area contributed by atoms with Gasteiger partial charge < -0.3 is 15.1 Å². The van der Waals surface area contributed by atoms with E-state index in [2.05, 4.69) is 36.9 Å². The second-order valence-electron chi connectivity index (χ2n) is 8.49. The fourth-order valence-corrected chi connectivity index (χ4v) is 4.99. The number of aromatic nitrogens is 1. The SMILES string of the molecule is CC1=C(C(=O)NC2CCCCC2)C(c2ccccc2Br)N=C(Nc2nc3ccccc3o2)N1. The number of aliphatic imine (C=N–C) groups is 1. The van der Waals surface area contributed by atoms with Gasteiger partial charge in [-0.1, -0.05) is 65.5 Å². The van der Waals surface area contributed by atoms with Crippen LogP contribution in [0.4, 0.5) is 6.01 Å². The molecule has 1 amide bonds. The minimum atomic E-state index is -0.475. The summed E-state index contributed by atoms with van der Waals surface area (Å²) in [6.45, 7) is 1.90. The van der Waals surface area contributed by atoms with E-state index in [1.807, 2.05) is 55.5 Å². The van der Waals surface area contributed by atoms with Crippen molar-refractivity contribution in [3.63, 3.8) is 0 Å². The second kappa shape index (κ2) is 9.39.